The summed E-state index contributed by atoms with van der Waals surface area (Å²) in [6.07, 6.45) is 8.73. The van der Waals surface area contributed by atoms with Crippen LogP contribution in [0, 0.1) is 0 Å². The van der Waals surface area contributed by atoms with E-state index in [1.54, 1.807) is 24.5 Å². The number of hydrogen-bond donors (Lipinski definition) is 0. The van der Waals surface area contributed by atoms with Crippen LogP contribution in [0.5, 0.6) is 0 Å². The molecule has 0 aliphatic carbocycles. The van der Waals surface area contributed by atoms with E-state index in [0.29, 0.717) is 12.1 Å². The van der Waals surface area contributed by atoms with Crippen molar-refractivity contribution in [3.05, 3.63) is 95.8 Å². The van der Waals surface area contributed by atoms with Crippen molar-refractivity contribution in [1.29, 1.82) is 0 Å². The Bertz CT molecular complexity index is 1190. The number of carbonyl (C=O) groups is 1. The summed E-state index contributed by atoms with van der Waals surface area (Å²) >= 11 is 0. The molecule has 1 aliphatic rings. The van der Waals surface area contributed by atoms with Gasteiger partial charge in [0.15, 0.2) is 9.84 Å². The minimum atomic E-state index is -3.30. The van der Waals surface area contributed by atoms with Crippen molar-refractivity contribution in [1.82, 2.24) is 14.8 Å². The molecular formula is C28H33N3O3S. The Morgan fingerprint density at radius 1 is 0.971 bits per heavy atom. The molecule has 0 atom stereocenters. The van der Waals surface area contributed by atoms with Gasteiger partial charge in [0, 0.05) is 49.9 Å². The van der Waals surface area contributed by atoms with Crippen LogP contribution in [0.3, 0.4) is 0 Å². The van der Waals surface area contributed by atoms with E-state index in [1.807, 2.05) is 23.1 Å². The van der Waals surface area contributed by atoms with E-state index in [0.717, 1.165) is 50.9 Å². The van der Waals surface area contributed by atoms with Gasteiger partial charge in [-0.25, -0.2) is 8.42 Å². The lowest BCUT2D eigenvalue weighted by atomic mass is 10.0. The van der Waals surface area contributed by atoms with E-state index in [1.165, 1.54) is 24.0 Å². The minimum Gasteiger partial charge on any atom is -0.331 e. The van der Waals surface area contributed by atoms with Crippen molar-refractivity contribution in [2.45, 2.75) is 43.2 Å². The monoisotopic (exact) mass is 491 g/mol. The Morgan fingerprint density at radius 3 is 2.29 bits per heavy atom. The Morgan fingerprint density at radius 2 is 1.66 bits per heavy atom. The first kappa shape index (κ1) is 25.1. The second kappa shape index (κ2) is 11.6. The normalized spacial score (nSPS) is 15.1. The number of aromatic nitrogens is 1. The number of piperidine rings is 1. The van der Waals surface area contributed by atoms with Gasteiger partial charge in [-0.3, -0.25) is 9.78 Å². The summed E-state index contributed by atoms with van der Waals surface area (Å²) in [6.45, 7) is 3.47. The fraction of sp³-hybridized carbons (Fsp3) is 0.357. The number of pyridine rings is 1. The van der Waals surface area contributed by atoms with Crippen LogP contribution in [0.1, 0.15) is 40.7 Å². The maximum atomic E-state index is 13.6. The topological polar surface area (TPSA) is 70.6 Å². The molecule has 35 heavy (non-hydrogen) atoms. The third-order valence-electron chi connectivity index (χ3n) is 6.65. The van der Waals surface area contributed by atoms with Gasteiger partial charge in [0.2, 0.25) is 0 Å². The largest absolute Gasteiger partial charge is 0.331 e. The maximum Gasteiger partial charge on any atom is 0.254 e. The van der Waals surface area contributed by atoms with Gasteiger partial charge in [0.1, 0.15) is 0 Å². The number of nitrogens with zero attached hydrogens (tertiary/aromatic N) is 3. The quantitative estimate of drug-likeness (QED) is 0.448. The summed E-state index contributed by atoms with van der Waals surface area (Å²) in [5.41, 5.74) is 2.86. The van der Waals surface area contributed by atoms with E-state index in [2.05, 4.69) is 34.1 Å². The summed E-state index contributed by atoms with van der Waals surface area (Å²) in [5, 5.41) is 0. The molecule has 0 unspecified atom stereocenters. The molecular weight excluding hydrogens is 458 g/mol. The maximum absolute atomic E-state index is 13.6. The van der Waals surface area contributed by atoms with Gasteiger partial charge < -0.3 is 9.80 Å². The van der Waals surface area contributed by atoms with Gasteiger partial charge in [-0.15, -0.1) is 0 Å². The van der Waals surface area contributed by atoms with Crippen molar-refractivity contribution in [3.8, 4) is 0 Å². The number of carbonyl (C=O) groups excluding carboxylic acids is 1. The van der Waals surface area contributed by atoms with Crippen molar-refractivity contribution >= 4 is 15.7 Å². The van der Waals surface area contributed by atoms with Crippen LogP contribution in [0.2, 0.25) is 0 Å². The molecule has 2 aromatic carbocycles. The number of sulfone groups is 1. The van der Waals surface area contributed by atoms with Crippen LogP contribution >= 0.6 is 0 Å². The van der Waals surface area contributed by atoms with Crippen LogP contribution < -0.4 is 0 Å². The number of rotatable bonds is 9. The first-order valence-corrected chi connectivity index (χ1v) is 14.1. The molecule has 4 rings (SSSR count). The molecule has 184 valence electrons. The van der Waals surface area contributed by atoms with Crippen molar-refractivity contribution in [2.24, 2.45) is 0 Å². The first-order chi connectivity index (χ1) is 16.9. The van der Waals surface area contributed by atoms with Gasteiger partial charge in [0.25, 0.3) is 5.91 Å². The lowest BCUT2D eigenvalue weighted by Crippen LogP contribution is -2.47. The fourth-order valence-corrected chi connectivity index (χ4v) is 5.30. The molecule has 7 heteroatoms. The Labute approximate surface area is 208 Å². The highest BCUT2D eigenvalue weighted by molar-refractivity contribution is 7.90. The molecule has 6 nitrogen and oxygen atoms in total. The molecule has 1 amide bonds. The summed E-state index contributed by atoms with van der Waals surface area (Å²) in [4.78, 5) is 22.4. The third kappa shape index (κ3) is 6.99. The van der Waals surface area contributed by atoms with Crippen LogP contribution in [0.4, 0.5) is 0 Å². The van der Waals surface area contributed by atoms with E-state index in [4.69, 9.17) is 0 Å². The number of likely N-dealkylation sites (tertiary alicyclic amines) is 1. The number of benzene rings is 2. The number of amides is 1. The Balaban J connectivity index is 1.41. The predicted molar refractivity (Wildman–Crippen MR) is 138 cm³/mol. The highest BCUT2D eigenvalue weighted by atomic mass is 32.2. The lowest BCUT2D eigenvalue weighted by Gasteiger charge is -2.38. The zero-order valence-corrected chi connectivity index (χ0v) is 21.0. The van der Waals surface area contributed by atoms with Crippen LogP contribution in [-0.2, 0) is 22.8 Å². The average Bonchev–Trinajstić information content (AvgIpc) is 2.88. The van der Waals surface area contributed by atoms with Crippen molar-refractivity contribution < 1.29 is 13.2 Å². The molecule has 0 N–H and O–H groups in total. The Hall–Kier alpha value is -3.03. The number of hydrogen-bond acceptors (Lipinski definition) is 5. The molecule has 1 aliphatic heterocycles. The third-order valence-corrected chi connectivity index (χ3v) is 7.77. The molecule has 1 fully saturated rings. The zero-order chi connectivity index (χ0) is 24.7. The number of aryl methyl sites for hydroxylation is 1. The average molecular weight is 492 g/mol. The standard InChI is InChI=1S/C28H33N3O3S/c1-35(33,34)27-13-11-25(12-14-27)28(32)31(22-24-9-5-17-29-21-24)26-15-19-30(20-16-26)18-6-10-23-7-3-2-4-8-23/h2-5,7-9,11-14,17,21,26H,6,10,15-16,18-20,22H2,1H3. The minimum absolute atomic E-state index is 0.0727. The second-order valence-corrected chi connectivity index (χ2v) is 11.3. The smallest absolute Gasteiger partial charge is 0.254 e. The van der Waals surface area contributed by atoms with E-state index < -0.39 is 9.84 Å². The van der Waals surface area contributed by atoms with Gasteiger partial charge in [0.05, 0.1) is 4.90 Å². The zero-order valence-electron chi connectivity index (χ0n) is 20.2. The fourth-order valence-electron chi connectivity index (χ4n) is 4.67. The van der Waals surface area contributed by atoms with Crippen LogP contribution in [0.15, 0.2) is 84.0 Å². The summed E-state index contributed by atoms with van der Waals surface area (Å²) in [7, 11) is -3.30. The van der Waals surface area contributed by atoms with Gasteiger partial charge in [-0.2, -0.15) is 0 Å². The van der Waals surface area contributed by atoms with E-state index >= 15 is 0 Å². The van der Waals surface area contributed by atoms with Gasteiger partial charge >= 0.3 is 0 Å². The highest BCUT2D eigenvalue weighted by Gasteiger charge is 2.29. The highest BCUT2D eigenvalue weighted by Crippen LogP contribution is 2.23. The summed E-state index contributed by atoms with van der Waals surface area (Å²) in [5.74, 6) is -0.0727. The lowest BCUT2D eigenvalue weighted by molar-refractivity contribution is 0.0548. The second-order valence-electron chi connectivity index (χ2n) is 9.25. The molecule has 3 aromatic rings. The van der Waals surface area contributed by atoms with Crippen LogP contribution in [-0.4, -0.2) is 61.0 Å². The molecule has 1 saturated heterocycles. The molecule has 0 saturated carbocycles. The summed E-state index contributed by atoms with van der Waals surface area (Å²) < 4.78 is 23.6. The van der Waals surface area contributed by atoms with E-state index in [9.17, 15) is 13.2 Å². The molecule has 0 spiro atoms. The molecule has 2 heterocycles. The van der Waals surface area contributed by atoms with Crippen molar-refractivity contribution in [2.75, 3.05) is 25.9 Å². The van der Waals surface area contributed by atoms with Crippen LogP contribution in [0.25, 0.3) is 0 Å². The van der Waals surface area contributed by atoms with Gasteiger partial charge in [-0.05, 0) is 73.7 Å². The first-order valence-electron chi connectivity index (χ1n) is 12.2. The molecule has 0 radical (unpaired) electrons. The van der Waals surface area contributed by atoms with E-state index in [-0.39, 0.29) is 16.8 Å². The van der Waals surface area contributed by atoms with Gasteiger partial charge in [-0.1, -0.05) is 36.4 Å². The predicted octanol–water partition coefficient (Wildman–Crippen LogP) is 4.22. The summed E-state index contributed by atoms with van der Waals surface area (Å²) in [6, 6.07) is 20.8. The molecule has 0 bridgehead atoms. The molecule has 1 aromatic heterocycles. The van der Waals surface area contributed by atoms with Crippen molar-refractivity contribution in [3.63, 3.8) is 0 Å². The SMILES string of the molecule is CS(=O)(=O)c1ccc(C(=O)N(Cc2cccnc2)C2CCN(CCCc3ccccc3)CC2)cc1. The Kier molecular flexibility index (Phi) is 8.31.